The minimum absolute atomic E-state index is 0.0618. The van der Waals surface area contributed by atoms with Crippen LogP contribution in [0.4, 0.5) is 4.39 Å². The highest BCUT2D eigenvalue weighted by Crippen LogP contribution is 2.32. The standard InChI is InChI=1S/C18H18FN3O4/c19-12-5-1-2-6-14(12)22-15(23)8-7-13(21-22)17(26)20-18(11-16(24)25)9-3-4-10-18/h1-2,5-8H,3-4,9-11H2,(H,20,26)(H,24,25). The van der Waals surface area contributed by atoms with Crippen LogP contribution < -0.4 is 10.9 Å². The van der Waals surface area contributed by atoms with Crippen LogP contribution in [0.3, 0.4) is 0 Å². The summed E-state index contributed by atoms with van der Waals surface area (Å²) in [7, 11) is 0. The van der Waals surface area contributed by atoms with Crippen molar-refractivity contribution < 1.29 is 19.1 Å². The molecular formula is C18H18FN3O4. The summed E-state index contributed by atoms with van der Waals surface area (Å²) < 4.78 is 14.8. The summed E-state index contributed by atoms with van der Waals surface area (Å²) >= 11 is 0. The molecule has 136 valence electrons. The van der Waals surface area contributed by atoms with Crippen LogP contribution in [0.15, 0.2) is 41.2 Å². The predicted molar refractivity (Wildman–Crippen MR) is 90.7 cm³/mol. The molecule has 1 amide bonds. The molecule has 1 aromatic heterocycles. The second-order valence-electron chi connectivity index (χ2n) is 6.43. The van der Waals surface area contributed by atoms with Gasteiger partial charge in [0.1, 0.15) is 17.2 Å². The first-order chi connectivity index (χ1) is 12.4. The molecule has 0 spiro atoms. The molecule has 0 atom stereocenters. The Morgan fingerprint density at radius 2 is 1.88 bits per heavy atom. The Morgan fingerprint density at radius 3 is 2.54 bits per heavy atom. The molecule has 0 radical (unpaired) electrons. The third kappa shape index (κ3) is 3.63. The largest absolute Gasteiger partial charge is 0.481 e. The fourth-order valence-corrected chi connectivity index (χ4v) is 3.32. The van der Waals surface area contributed by atoms with Gasteiger partial charge in [-0.05, 0) is 31.0 Å². The summed E-state index contributed by atoms with van der Waals surface area (Å²) in [5.74, 6) is -2.22. The van der Waals surface area contributed by atoms with E-state index in [1.165, 1.54) is 24.3 Å². The number of benzene rings is 1. The van der Waals surface area contributed by atoms with Crippen molar-refractivity contribution in [3.63, 3.8) is 0 Å². The zero-order valence-corrected chi connectivity index (χ0v) is 13.9. The highest BCUT2D eigenvalue weighted by atomic mass is 19.1. The number of carbonyl (C=O) groups is 2. The predicted octanol–water partition coefficient (Wildman–Crippen LogP) is 1.89. The molecule has 1 heterocycles. The van der Waals surface area contributed by atoms with Crippen LogP contribution in [0.5, 0.6) is 0 Å². The van der Waals surface area contributed by atoms with Crippen LogP contribution in [-0.2, 0) is 4.79 Å². The summed E-state index contributed by atoms with van der Waals surface area (Å²) in [5.41, 5.74) is -1.53. The van der Waals surface area contributed by atoms with E-state index in [2.05, 4.69) is 10.4 Å². The molecule has 0 unspecified atom stereocenters. The molecule has 26 heavy (non-hydrogen) atoms. The van der Waals surface area contributed by atoms with Crippen LogP contribution in [0, 0.1) is 5.82 Å². The molecule has 2 N–H and O–H groups in total. The van der Waals surface area contributed by atoms with Gasteiger partial charge in [-0.1, -0.05) is 25.0 Å². The molecule has 0 aliphatic heterocycles. The van der Waals surface area contributed by atoms with Crippen molar-refractivity contribution in [3.8, 4) is 5.69 Å². The first-order valence-corrected chi connectivity index (χ1v) is 8.30. The number of aliphatic carboxylic acids is 1. The number of nitrogens with one attached hydrogen (secondary N) is 1. The normalized spacial score (nSPS) is 15.6. The number of carbonyl (C=O) groups excluding carboxylic acids is 1. The van der Waals surface area contributed by atoms with Crippen molar-refractivity contribution in [2.24, 2.45) is 0 Å². The minimum Gasteiger partial charge on any atom is -0.481 e. The summed E-state index contributed by atoms with van der Waals surface area (Å²) in [6.07, 6.45) is 2.62. The van der Waals surface area contributed by atoms with Gasteiger partial charge in [-0.15, -0.1) is 0 Å². The Kier molecular flexibility index (Phi) is 4.83. The van der Waals surface area contributed by atoms with E-state index in [1.807, 2.05) is 0 Å². The van der Waals surface area contributed by atoms with Crippen LogP contribution in [0.2, 0.25) is 0 Å². The molecule has 2 aromatic rings. The topological polar surface area (TPSA) is 101 Å². The molecule has 1 saturated carbocycles. The molecule has 1 fully saturated rings. The van der Waals surface area contributed by atoms with Gasteiger partial charge in [0, 0.05) is 6.07 Å². The summed E-state index contributed by atoms with van der Waals surface area (Å²) in [6, 6.07) is 7.99. The maximum Gasteiger partial charge on any atom is 0.305 e. The number of hydrogen-bond acceptors (Lipinski definition) is 4. The lowest BCUT2D eigenvalue weighted by molar-refractivity contribution is -0.138. The molecule has 0 bridgehead atoms. The zero-order valence-electron chi connectivity index (χ0n) is 13.9. The Morgan fingerprint density at radius 1 is 1.19 bits per heavy atom. The maximum absolute atomic E-state index is 14.0. The Bertz CT molecular complexity index is 903. The van der Waals surface area contributed by atoms with Gasteiger partial charge in [-0.3, -0.25) is 14.4 Å². The first-order valence-electron chi connectivity index (χ1n) is 8.30. The second kappa shape index (κ2) is 7.07. The van der Waals surface area contributed by atoms with Gasteiger partial charge in [0.2, 0.25) is 0 Å². The van der Waals surface area contributed by atoms with Gasteiger partial charge in [0.25, 0.3) is 11.5 Å². The van der Waals surface area contributed by atoms with Gasteiger partial charge >= 0.3 is 5.97 Å². The maximum atomic E-state index is 14.0. The van der Waals surface area contributed by atoms with Gasteiger partial charge in [-0.25, -0.2) is 4.39 Å². The fourth-order valence-electron chi connectivity index (χ4n) is 3.32. The van der Waals surface area contributed by atoms with E-state index < -0.39 is 28.8 Å². The van der Waals surface area contributed by atoms with Crippen LogP contribution in [0.1, 0.15) is 42.6 Å². The number of amides is 1. The Hall–Kier alpha value is -3.03. The zero-order chi connectivity index (χ0) is 18.7. The number of carboxylic acid groups (broad SMARTS) is 1. The van der Waals surface area contributed by atoms with E-state index >= 15 is 0 Å². The first kappa shape index (κ1) is 17.8. The van der Waals surface area contributed by atoms with Gasteiger partial charge in [-0.2, -0.15) is 9.78 Å². The number of rotatable bonds is 5. The Balaban J connectivity index is 1.91. The molecule has 8 heteroatoms. The van der Waals surface area contributed by atoms with E-state index in [0.717, 1.165) is 23.6 Å². The highest BCUT2D eigenvalue weighted by Gasteiger charge is 2.38. The average molecular weight is 359 g/mol. The smallest absolute Gasteiger partial charge is 0.305 e. The molecule has 1 aliphatic rings. The molecule has 1 aliphatic carbocycles. The molecule has 7 nitrogen and oxygen atoms in total. The van der Waals surface area contributed by atoms with Gasteiger partial charge < -0.3 is 10.4 Å². The highest BCUT2D eigenvalue weighted by molar-refractivity contribution is 5.93. The quantitative estimate of drug-likeness (QED) is 0.849. The van der Waals surface area contributed by atoms with Crippen LogP contribution in [0.25, 0.3) is 5.69 Å². The van der Waals surface area contributed by atoms with Crippen molar-refractivity contribution >= 4 is 11.9 Å². The van der Waals surface area contributed by atoms with E-state index in [4.69, 9.17) is 5.11 Å². The summed E-state index contributed by atoms with van der Waals surface area (Å²) in [6.45, 7) is 0. The Labute approximate surface area is 148 Å². The second-order valence-corrected chi connectivity index (χ2v) is 6.43. The third-order valence-corrected chi connectivity index (χ3v) is 4.54. The SMILES string of the molecule is O=C(O)CC1(NC(=O)c2ccc(=O)n(-c3ccccc3F)n2)CCCC1. The molecule has 0 saturated heterocycles. The van der Waals surface area contributed by atoms with Crippen LogP contribution in [-0.4, -0.2) is 32.3 Å². The van der Waals surface area contributed by atoms with Crippen molar-refractivity contribution in [1.82, 2.24) is 15.1 Å². The third-order valence-electron chi connectivity index (χ3n) is 4.54. The van der Waals surface area contributed by atoms with Crippen molar-refractivity contribution in [2.45, 2.75) is 37.6 Å². The van der Waals surface area contributed by atoms with Gasteiger partial charge in [0.05, 0.1) is 12.0 Å². The lowest BCUT2D eigenvalue weighted by atomic mass is 9.93. The summed E-state index contributed by atoms with van der Waals surface area (Å²) in [5, 5.41) is 15.8. The van der Waals surface area contributed by atoms with Crippen molar-refractivity contribution in [3.05, 3.63) is 58.3 Å². The van der Waals surface area contributed by atoms with E-state index in [9.17, 15) is 18.8 Å². The number of carboxylic acids is 1. The van der Waals surface area contributed by atoms with Crippen molar-refractivity contribution in [2.75, 3.05) is 0 Å². The average Bonchev–Trinajstić information content (AvgIpc) is 3.03. The van der Waals surface area contributed by atoms with Crippen LogP contribution >= 0.6 is 0 Å². The van der Waals surface area contributed by atoms with Crippen molar-refractivity contribution in [1.29, 1.82) is 0 Å². The summed E-state index contributed by atoms with van der Waals surface area (Å²) in [4.78, 5) is 35.8. The van der Waals surface area contributed by atoms with E-state index in [0.29, 0.717) is 12.8 Å². The van der Waals surface area contributed by atoms with E-state index in [-0.39, 0.29) is 17.8 Å². The number of para-hydroxylation sites is 1. The van der Waals surface area contributed by atoms with Gasteiger partial charge in [0.15, 0.2) is 0 Å². The number of nitrogens with zero attached hydrogens (tertiary/aromatic N) is 2. The molecular weight excluding hydrogens is 341 g/mol. The minimum atomic E-state index is -0.989. The molecule has 3 rings (SSSR count). The molecule has 1 aromatic carbocycles. The number of aromatic nitrogens is 2. The fraction of sp³-hybridized carbons (Fsp3) is 0.333. The lowest BCUT2D eigenvalue weighted by Gasteiger charge is -2.28. The lowest BCUT2D eigenvalue weighted by Crippen LogP contribution is -2.48. The van der Waals surface area contributed by atoms with E-state index in [1.54, 1.807) is 6.07 Å². The number of hydrogen-bond donors (Lipinski definition) is 2. The monoisotopic (exact) mass is 359 g/mol. The number of halogens is 1.